The van der Waals surface area contributed by atoms with Gasteiger partial charge in [0.2, 0.25) is 0 Å². The van der Waals surface area contributed by atoms with Crippen molar-refractivity contribution in [2.45, 2.75) is 46.1 Å². The van der Waals surface area contributed by atoms with Gasteiger partial charge in [-0.3, -0.25) is 4.79 Å². The van der Waals surface area contributed by atoms with Crippen molar-refractivity contribution in [2.75, 3.05) is 6.61 Å². The van der Waals surface area contributed by atoms with Gasteiger partial charge in [-0.05, 0) is 43.0 Å². The first kappa shape index (κ1) is 19.0. The molecular formula is C22H28O3. The van der Waals surface area contributed by atoms with Crippen LogP contribution in [0.3, 0.4) is 0 Å². The average molecular weight is 340 g/mol. The molecule has 0 fully saturated rings. The fourth-order valence-electron chi connectivity index (χ4n) is 2.76. The van der Waals surface area contributed by atoms with E-state index in [1.165, 1.54) is 0 Å². The maximum Gasteiger partial charge on any atom is 0.309 e. The summed E-state index contributed by atoms with van der Waals surface area (Å²) < 4.78 is 11.0. The molecule has 0 spiro atoms. The number of hydrogen-bond acceptors (Lipinski definition) is 3. The molecule has 0 bridgehead atoms. The monoisotopic (exact) mass is 340 g/mol. The lowest BCUT2D eigenvalue weighted by atomic mass is 9.94. The molecule has 0 aliphatic rings. The van der Waals surface area contributed by atoms with Gasteiger partial charge in [0.1, 0.15) is 12.4 Å². The van der Waals surface area contributed by atoms with Gasteiger partial charge in [0.05, 0.1) is 12.5 Å². The van der Waals surface area contributed by atoms with Crippen molar-refractivity contribution in [1.82, 2.24) is 0 Å². The fourth-order valence-corrected chi connectivity index (χ4v) is 2.76. The van der Waals surface area contributed by atoms with Crippen LogP contribution in [0.4, 0.5) is 0 Å². The SMILES string of the molecule is CCCCC(Cc1ccc(OCc2ccccc2)cc1)C(=O)OCC. The molecule has 0 radical (unpaired) electrons. The van der Waals surface area contributed by atoms with Crippen molar-refractivity contribution in [3.8, 4) is 5.75 Å². The molecule has 2 rings (SSSR count). The Hall–Kier alpha value is -2.29. The third kappa shape index (κ3) is 6.61. The first-order chi connectivity index (χ1) is 12.2. The smallest absolute Gasteiger partial charge is 0.309 e. The van der Waals surface area contributed by atoms with Crippen LogP contribution < -0.4 is 4.74 Å². The molecule has 3 nitrogen and oxygen atoms in total. The van der Waals surface area contributed by atoms with Gasteiger partial charge in [-0.1, -0.05) is 62.2 Å². The molecule has 0 aromatic heterocycles. The molecule has 0 aliphatic heterocycles. The van der Waals surface area contributed by atoms with Crippen molar-refractivity contribution >= 4 is 5.97 Å². The second-order valence-corrected chi connectivity index (χ2v) is 6.21. The molecule has 0 amide bonds. The highest BCUT2D eigenvalue weighted by Gasteiger charge is 2.19. The van der Waals surface area contributed by atoms with E-state index in [2.05, 4.69) is 6.92 Å². The van der Waals surface area contributed by atoms with Crippen LogP contribution in [0.5, 0.6) is 5.75 Å². The number of carbonyl (C=O) groups is 1. The highest BCUT2D eigenvalue weighted by molar-refractivity contribution is 5.72. The van der Waals surface area contributed by atoms with Crippen LogP contribution in [0.1, 0.15) is 44.2 Å². The van der Waals surface area contributed by atoms with Crippen LogP contribution in [0.2, 0.25) is 0 Å². The number of rotatable bonds is 10. The Bertz CT molecular complexity index is 619. The van der Waals surface area contributed by atoms with Crippen molar-refractivity contribution in [2.24, 2.45) is 5.92 Å². The van der Waals surface area contributed by atoms with Gasteiger partial charge in [0.25, 0.3) is 0 Å². The summed E-state index contributed by atoms with van der Waals surface area (Å²) in [4.78, 5) is 12.1. The quantitative estimate of drug-likeness (QED) is 0.559. The Kier molecular flexibility index (Phi) is 8.03. The Morgan fingerprint density at radius 1 is 0.960 bits per heavy atom. The number of hydrogen-bond donors (Lipinski definition) is 0. The molecule has 0 N–H and O–H groups in total. The molecule has 0 saturated heterocycles. The number of benzene rings is 2. The lowest BCUT2D eigenvalue weighted by molar-refractivity contribution is -0.148. The Morgan fingerprint density at radius 3 is 2.32 bits per heavy atom. The van der Waals surface area contributed by atoms with E-state index >= 15 is 0 Å². The second kappa shape index (κ2) is 10.5. The largest absolute Gasteiger partial charge is 0.489 e. The molecule has 2 aromatic rings. The molecule has 25 heavy (non-hydrogen) atoms. The van der Waals surface area contributed by atoms with Gasteiger partial charge in [-0.15, -0.1) is 0 Å². The van der Waals surface area contributed by atoms with E-state index in [0.717, 1.165) is 42.6 Å². The minimum absolute atomic E-state index is 0.0593. The number of unbranched alkanes of at least 4 members (excludes halogenated alkanes) is 1. The Balaban J connectivity index is 1.91. The first-order valence-electron chi connectivity index (χ1n) is 9.15. The van der Waals surface area contributed by atoms with E-state index in [4.69, 9.17) is 9.47 Å². The Labute approximate surface area is 151 Å². The number of carbonyl (C=O) groups excluding carboxylic acids is 1. The highest BCUT2D eigenvalue weighted by atomic mass is 16.5. The summed E-state index contributed by atoms with van der Waals surface area (Å²) >= 11 is 0. The van der Waals surface area contributed by atoms with Crippen molar-refractivity contribution in [1.29, 1.82) is 0 Å². The maximum absolute atomic E-state index is 12.1. The summed E-state index contributed by atoms with van der Waals surface area (Å²) in [5.41, 5.74) is 2.29. The zero-order valence-electron chi connectivity index (χ0n) is 15.2. The number of esters is 1. The third-order valence-corrected chi connectivity index (χ3v) is 4.18. The van der Waals surface area contributed by atoms with Crippen LogP contribution in [0.15, 0.2) is 54.6 Å². The van der Waals surface area contributed by atoms with Crippen LogP contribution in [-0.2, 0) is 22.6 Å². The molecule has 0 aliphatic carbocycles. The normalized spacial score (nSPS) is 11.8. The fraction of sp³-hybridized carbons (Fsp3) is 0.409. The van der Waals surface area contributed by atoms with Crippen LogP contribution in [0, 0.1) is 5.92 Å². The topological polar surface area (TPSA) is 35.5 Å². The van der Waals surface area contributed by atoms with E-state index in [1.807, 2.05) is 61.5 Å². The lowest BCUT2D eigenvalue weighted by Gasteiger charge is -2.15. The first-order valence-corrected chi connectivity index (χ1v) is 9.15. The van der Waals surface area contributed by atoms with Gasteiger partial charge >= 0.3 is 5.97 Å². The molecule has 2 aromatic carbocycles. The van der Waals surface area contributed by atoms with Gasteiger partial charge in [-0.2, -0.15) is 0 Å². The zero-order chi connectivity index (χ0) is 17.9. The minimum Gasteiger partial charge on any atom is -0.489 e. The summed E-state index contributed by atoms with van der Waals surface area (Å²) in [6.45, 7) is 4.99. The molecule has 0 saturated carbocycles. The highest BCUT2D eigenvalue weighted by Crippen LogP contribution is 2.20. The predicted molar refractivity (Wildman–Crippen MR) is 101 cm³/mol. The van der Waals surface area contributed by atoms with Crippen molar-refractivity contribution in [3.05, 3.63) is 65.7 Å². The van der Waals surface area contributed by atoms with E-state index in [1.54, 1.807) is 0 Å². The van der Waals surface area contributed by atoms with E-state index in [9.17, 15) is 4.79 Å². The van der Waals surface area contributed by atoms with E-state index in [0.29, 0.717) is 13.2 Å². The summed E-state index contributed by atoms with van der Waals surface area (Å²) in [5, 5.41) is 0. The average Bonchev–Trinajstić information content (AvgIpc) is 2.65. The minimum atomic E-state index is -0.0830. The lowest BCUT2D eigenvalue weighted by Crippen LogP contribution is -2.20. The van der Waals surface area contributed by atoms with Gasteiger partial charge in [0.15, 0.2) is 0 Å². The standard InChI is InChI=1S/C22H28O3/c1-3-5-11-20(22(23)24-4-2)16-18-12-14-21(15-13-18)25-17-19-9-7-6-8-10-19/h6-10,12-15,20H,3-5,11,16-17H2,1-2H3. The molecule has 134 valence electrons. The predicted octanol–water partition coefficient (Wildman–Crippen LogP) is 5.18. The molecule has 1 unspecified atom stereocenters. The van der Waals surface area contributed by atoms with E-state index < -0.39 is 0 Å². The van der Waals surface area contributed by atoms with E-state index in [-0.39, 0.29) is 11.9 Å². The van der Waals surface area contributed by atoms with Crippen molar-refractivity contribution < 1.29 is 14.3 Å². The van der Waals surface area contributed by atoms with Crippen LogP contribution >= 0.6 is 0 Å². The molecular weight excluding hydrogens is 312 g/mol. The third-order valence-electron chi connectivity index (χ3n) is 4.18. The summed E-state index contributed by atoms with van der Waals surface area (Å²) in [6, 6.07) is 18.1. The molecule has 3 heteroatoms. The van der Waals surface area contributed by atoms with Crippen molar-refractivity contribution in [3.63, 3.8) is 0 Å². The summed E-state index contributed by atoms with van der Waals surface area (Å²) in [5.74, 6) is 0.699. The van der Waals surface area contributed by atoms with Gasteiger partial charge < -0.3 is 9.47 Å². The Morgan fingerprint density at radius 2 is 1.68 bits per heavy atom. The number of ether oxygens (including phenoxy) is 2. The van der Waals surface area contributed by atoms with Gasteiger partial charge in [-0.25, -0.2) is 0 Å². The summed E-state index contributed by atoms with van der Waals surface area (Å²) in [6.07, 6.45) is 3.73. The molecule has 1 atom stereocenters. The second-order valence-electron chi connectivity index (χ2n) is 6.21. The van der Waals surface area contributed by atoms with Crippen LogP contribution in [0.25, 0.3) is 0 Å². The molecule has 0 heterocycles. The van der Waals surface area contributed by atoms with Gasteiger partial charge in [0, 0.05) is 0 Å². The van der Waals surface area contributed by atoms with Crippen LogP contribution in [-0.4, -0.2) is 12.6 Å². The maximum atomic E-state index is 12.1. The summed E-state index contributed by atoms with van der Waals surface area (Å²) in [7, 11) is 0. The zero-order valence-corrected chi connectivity index (χ0v) is 15.2.